The number of nitrogens with zero attached hydrogens (tertiary/aromatic N) is 1. The summed E-state index contributed by atoms with van der Waals surface area (Å²) in [5.41, 5.74) is 0.443. The Hall–Kier alpha value is -1.10. The third-order valence-electron chi connectivity index (χ3n) is 2.33. The number of methoxy groups -OCH3 is 1. The molecule has 0 aliphatic carbocycles. The first-order chi connectivity index (χ1) is 8.20. The van der Waals surface area contributed by atoms with Gasteiger partial charge in [-0.3, -0.25) is 4.79 Å². The summed E-state index contributed by atoms with van der Waals surface area (Å²) in [7, 11) is 1.57. The maximum atomic E-state index is 12.1. The van der Waals surface area contributed by atoms with Crippen LogP contribution in [0.2, 0.25) is 5.02 Å². The number of hydrogen-bond acceptors (Lipinski definition) is 3. The number of carbonyl (C=O) groups excluding carboxylic acids is 1. The van der Waals surface area contributed by atoms with Gasteiger partial charge < -0.3 is 14.7 Å². The minimum absolute atomic E-state index is 0.0834. The van der Waals surface area contributed by atoms with Crippen LogP contribution in [-0.4, -0.2) is 49.3 Å². The van der Waals surface area contributed by atoms with E-state index in [0.717, 1.165) is 0 Å². The van der Waals surface area contributed by atoms with Gasteiger partial charge in [-0.25, -0.2) is 0 Å². The molecule has 0 radical (unpaired) electrons. The molecular formula is C12H16ClNO3. The molecule has 1 aromatic rings. The number of ether oxygens (including phenoxy) is 1. The molecule has 0 heterocycles. The number of aliphatic hydroxyl groups excluding tert-OH is 1. The van der Waals surface area contributed by atoms with Crippen molar-refractivity contribution in [2.45, 2.75) is 0 Å². The first kappa shape index (κ1) is 14.0. The predicted molar refractivity (Wildman–Crippen MR) is 66.3 cm³/mol. The van der Waals surface area contributed by atoms with Gasteiger partial charge in [0, 0.05) is 20.2 Å². The van der Waals surface area contributed by atoms with Crippen molar-refractivity contribution in [2.75, 3.05) is 33.4 Å². The van der Waals surface area contributed by atoms with Gasteiger partial charge in [0.2, 0.25) is 0 Å². The van der Waals surface area contributed by atoms with Crippen LogP contribution in [0.1, 0.15) is 10.4 Å². The molecule has 1 aromatic carbocycles. The SMILES string of the molecule is COCCN(CCO)C(=O)c1ccccc1Cl. The molecule has 0 spiro atoms. The third-order valence-corrected chi connectivity index (χ3v) is 2.66. The highest BCUT2D eigenvalue weighted by molar-refractivity contribution is 6.33. The van der Waals surface area contributed by atoms with Crippen molar-refractivity contribution >= 4 is 17.5 Å². The lowest BCUT2D eigenvalue weighted by Gasteiger charge is -2.21. The topological polar surface area (TPSA) is 49.8 Å². The highest BCUT2D eigenvalue weighted by Gasteiger charge is 2.17. The number of benzene rings is 1. The molecule has 0 aliphatic heterocycles. The second kappa shape index (κ2) is 7.27. The van der Waals surface area contributed by atoms with Crippen LogP contribution in [0.3, 0.4) is 0 Å². The molecule has 4 nitrogen and oxygen atoms in total. The minimum Gasteiger partial charge on any atom is -0.395 e. The Morgan fingerprint density at radius 2 is 2.12 bits per heavy atom. The lowest BCUT2D eigenvalue weighted by atomic mass is 10.2. The number of rotatable bonds is 6. The number of carbonyl (C=O) groups is 1. The van der Waals surface area contributed by atoms with Crippen LogP contribution in [0.5, 0.6) is 0 Å². The molecule has 1 amide bonds. The van der Waals surface area contributed by atoms with Crippen molar-refractivity contribution in [1.82, 2.24) is 4.90 Å². The van der Waals surface area contributed by atoms with E-state index in [4.69, 9.17) is 21.4 Å². The normalized spacial score (nSPS) is 10.3. The lowest BCUT2D eigenvalue weighted by Crippen LogP contribution is -2.36. The molecule has 0 atom stereocenters. The molecule has 0 aromatic heterocycles. The van der Waals surface area contributed by atoms with E-state index in [1.807, 2.05) is 0 Å². The monoisotopic (exact) mass is 257 g/mol. The van der Waals surface area contributed by atoms with Crippen LogP contribution in [0.15, 0.2) is 24.3 Å². The quantitative estimate of drug-likeness (QED) is 0.839. The Bertz CT molecular complexity index is 371. The summed E-state index contributed by atoms with van der Waals surface area (Å²) < 4.78 is 4.93. The molecule has 0 unspecified atom stereocenters. The number of hydrogen-bond donors (Lipinski definition) is 1. The van der Waals surface area contributed by atoms with Gasteiger partial charge >= 0.3 is 0 Å². The first-order valence-electron chi connectivity index (χ1n) is 5.34. The summed E-state index contributed by atoms with van der Waals surface area (Å²) in [6.45, 7) is 1.05. The van der Waals surface area contributed by atoms with Gasteiger partial charge in [0.1, 0.15) is 0 Å². The smallest absolute Gasteiger partial charge is 0.255 e. The summed E-state index contributed by atoms with van der Waals surface area (Å²) in [6.07, 6.45) is 0. The second-order valence-electron chi connectivity index (χ2n) is 3.49. The number of halogens is 1. The molecule has 0 fully saturated rings. The highest BCUT2D eigenvalue weighted by Crippen LogP contribution is 2.16. The van der Waals surface area contributed by atoms with E-state index in [-0.39, 0.29) is 19.1 Å². The molecule has 94 valence electrons. The van der Waals surface area contributed by atoms with Crippen molar-refractivity contribution in [3.8, 4) is 0 Å². The Labute approximate surface area is 106 Å². The Morgan fingerprint density at radius 3 is 2.71 bits per heavy atom. The van der Waals surface area contributed by atoms with E-state index in [2.05, 4.69) is 0 Å². The molecule has 0 saturated carbocycles. The second-order valence-corrected chi connectivity index (χ2v) is 3.90. The van der Waals surface area contributed by atoms with Crippen molar-refractivity contribution in [1.29, 1.82) is 0 Å². The molecule has 1 rings (SSSR count). The molecule has 1 N–H and O–H groups in total. The van der Waals surface area contributed by atoms with E-state index in [0.29, 0.717) is 23.7 Å². The van der Waals surface area contributed by atoms with Crippen LogP contribution in [0, 0.1) is 0 Å². The molecule has 17 heavy (non-hydrogen) atoms. The van der Waals surface area contributed by atoms with Crippen LogP contribution in [0.4, 0.5) is 0 Å². The molecule has 0 bridgehead atoms. The zero-order valence-electron chi connectivity index (χ0n) is 9.73. The maximum absolute atomic E-state index is 12.1. The molecule has 0 aliphatic rings. The van der Waals surface area contributed by atoms with Crippen LogP contribution >= 0.6 is 11.6 Å². The summed E-state index contributed by atoms with van der Waals surface area (Å²) >= 11 is 5.96. The van der Waals surface area contributed by atoms with Gasteiger partial charge in [-0.05, 0) is 12.1 Å². The predicted octanol–water partition coefficient (Wildman–Crippen LogP) is 1.42. The van der Waals surface area contributed by atoms with E-state index in [1.165, 1.54) is 4.90 Å². The molecule has 5 heteroatoms. The maximum Gasteiger partial charge on any atom is 0.255 e. The van der Waals surface area contributed by atoms with Crippen molar-refractivity contribution in [2.24, 2.45) is 0 Å². The molecular weight excluding hydrogens is 242 g/mol. The Morgan fingerprint density at radius 1 is 1.41 bits per heavy atom. The molecule has 0 saturated heterocycles. The standard InChI is InChI=1S/C12H16ClNO3/c1-17-9-7-14(6-8-15)12(16)10-4-2-3-5-11(10)13/h2-5,15H,6-9H2,1H3. The zero-order valence-corrected chi connectivity index (χ0v) is 10.5. The van der Waals surface area contributed by atoms with Gasteiger partial charge in [-0.1, -0.05) is 23.7 Å². The fourth-order valence-electron chi connectivity index (χ4n) is 1.44. The number of aliphatic hydroxyl groups is 1. The van der Waals surface area contributed by atoms with Crippen LogP contribution in [-0.2, 0) is 4.74 Å². The van der Waals surface area contributed by atoms with Crippen molar-refractivity contribution < 1.29 is 14.6 Å². The largest absolute Gasteiger partial charge is 0.395 e. The van der Waals surface area contributed by atoms with Gasteiger partial charge in [0.15, 0.2) is 0 Å². The van der Waals surface area contributed by atoms with Crippen LogP contribution < -0.4 is 0 Å². The average molecular weight is 258 g/mol. The summed E-state index contributed by atoms with van der Waals surface area (Å²) in [5.74, 6) is -0.193. The number of amides is 1. The fraction of sp³-hybridized carbons (Fsp3) is 0.417. The van der Waals surface area contributed by atoms with E-state index in [1.54, 1.807) is 31.4 Å². The lowest BCUT2D eigenvalue weighted by molar-refractivity contribution is 0.0656. The van der Waals surface area contributed by atoms with Gasteiger partial charge in [-0.2, -0.15) is 0 Å². The van der Waals surface area contributed by atoms with Crippen molar-refractivity contribution in [3.63, 3.8) is 0 Å². The Balaban J connectivity index is 2.80. The van der Waals surface area contributed by atoms with E-state index >= 15 is 0 Å². The third kappa shape index (κ3) is 4.00. The minimum atomic E-state index is -0.193. The summed E-state index contributed by atoms with van der Waals surface area (Å²) in [5, 5.41) is 9.35. The zero-order chi connectivity index (χ0) is 12.7. The van der Waals surface area contributed by atoms with Crippen molar-refractivity contribution in [3.05, 3.63) is 34.9 Å². The Kier molecular flexibility index (Phi) is 5.97. The van der Waals surface area contributed by atoms with E-state index in [9.17, 15) is 4.79 Å². The summed E-state index contributed by atoms with van der Waals surface area (Å²) in [6, 6.07) is 6.86. The van der Waals surface area contributed by atoms with Gasteiger partial charge in [0.25, 0.3) is 5.91 Å². The summed E-state index contributed by atoms with van der Waals surface area (Å²) in [4.78, 5) is 13.7. The van der Waals surface area contributed by atoms with Gasteiger partial charge in [-0.15, -0.1) is 0 Å². The highest BCUT2D eigenvalue weighted by atomic mass is 35.5. The average Bonchev–Trinajstić information content (AvgIpc) is 2.34. The van der Waals surface area contributed by atoms with Gasteiger partial charge in [0.05, 0.1) is 23.8 Å². The van der Waals surface area contributed by atoms with E-state index < -0.39 is 0 Å². The van der Waals surface area contributed by atoms with Crippen LogP contribution in [0.25, 0.3) is 0 Å². The fourth-order valence-corrected chi connectivity index (χ4v) is 1.66. The first-order valence-corrected chi connectivity index (χ1v) is 5.72.